The van der Waals surface area contributed by atoms with Gasteiger partial charge in [0.2, 0.25) is 5.91 Å². The number of nitrogens with one attached hydrogen (secondary N) is 2. The molecule has 4 aromatic rings. The molecule has 3 aromatic carbocycles. The van der Waals surface area contributed by atoms with Crippen LogP contribution in [0.25, 0.3) is 11.0 Å². The van der Waals surface area contributed by atoms with E-state index in [9.17, 15) is 13.2 Å². The monoisotopic (exact) mass is 551 g/mol. The third kappa shape index (κ3) is 5.94. The lowest BCUT2D eigenvalue weighted by atomic mass is 10.1. The number of sulfonamides is 1. The van der Waals surface area contributed by atoms with Gasteiger partial charge < -0.3 is 28.8 Å². The first-order valence-electron chi connectivity index (χ1n) is 12.3. The molecule has 2 N–H and O–H groups in total. The number of benzene rings is 3. The minimum atomic E-state index is -4.01. The third-order valence-electron chi connectivity index (χ3n) is 6.44. The molecule has 1 saturated heterocycles. The van der Waals surface area contributed by atoms with Crippen LogP contribution in [-0.2, 0) is 26.0 Å². The SMILES string of the molecule is COc1ccc(NS(=O)(=O)c2cc(NC(=O)Cc3coc4cc(OC)ccc34)ccc2N2CCOCC2)cc1. The molecule has 39 heavy (non-hydrogen) atoms. The first-order valence-corrected chi connectivity index (χ1v) is 13.8. The quantitative estimate of drug-likeness (QED) is 0.317. The maximum absolute atomic E-state index is 13.6. The molecule has 5 rings (SSSR count). The van der Waals surface area contributed by atoms with Gasteiger partial charge in [-0.15, -0.1) is 0 Å². The van der Waals surface area contributed by atoms with Crippen molar-refractivity contribution in [3.05, 3.63) is 72.5 Å². The van der Waals surface area contributed by atoms with Crippen LogP contribution in [0.4, 0.5) is 17.1 Å². The number of carbonyl (C=O) groups is 1. The van der Waals surface area contributed by atoms with E-state index in [1.165, 1.54) is 6.07 Å². The number of morpholine rings is 1. The van der Waals surface area contributed by atoms with Crippen molar-refractivity contribution in [1.29, 1.82) is 0 Å². The Morgan fingerprint density at radius 3 is 2.33 bits per heavy atom. The second-order valence-corrected chi connectivity index (χ2v) is 10.6. The molecule has 0 bridgehead atoms. The zero-order valence-corrected chi connectivity index (χ0v) is 22.4. The standard InChI is InChI=1S/C28H29N3O7S/c1-35-22-6-3-20(4-7-22)30-39(33,34)27-16-21(5-10-25(27)31-11-13-37-14-12-31)29-28(32)15-19-18-38-26-17-23(36-2)8-9-24(19)26/h3-10,16-18,30H,11-15H2,1-2H3,(H,29,32). The van der Waals surface area contributed by atoms with Gasteiger partial charge in [0.05, 0.1) is 45.8 Å². The lowest BCUT2D eigenvalue weighted by Gasteiger charge is -2.30. The predicted molar refractivity (Wildman–Crippen MR) is 148 cm³/mol. The average molecular weight is 552 g/mol. The summed E-state index contributed by atoms with van der Waals surface area (Å²) in [5, 5.41) is 3.64. The molecule has 1 aliphatic heterocycles. The van der Waals surface area contributed by atoms with Crippen molar-refractivity contribution in [3.63, 3.8) is 0 Å². The molecule has 10 nitrogen and oxygen atoms in total. The fourth-order valence-corrected chi connectivity index (χ4v) is 5.76. The Balaban J connectivity index is 1.40. The van der Waals surface area contributed by atoms with E-state index >= 15 is 0 Å². The van der Waals surface area contributed by atoms with E-state index in [0.717, 1.165) is 5.39 Å². The highest BCUT2D eigenvalue weighted by Crippen LogP contribution is 2.32. The number of furan rings is 1. The van der Waals surface area contributed by atoms with Crippen LogP contribution < -0.4 is 24.4 Å². The number of carbonyl (C=O) groups excluding carboxylic acids is 1. The van der Waals surface area contributed by atoms with Crippen molar-refractivity contribution in [1.82, 2.24) is 0 Å². The van der Waals surface area contributed by atoms with Gasteiger partial charge in [-0.25, -0.2) is 8.42 Å². The minimum Gasteiger partial charge on any atom is -0.497 e. The zero-order chi connectivity index (χ0) is 27.4. The number of ether oxygens (including phenoxy) is 3. The second kappa shape index (κ2) is 11.3. The van der Waals surface area contributed by atoms with Crippen LogP contribution in [-0.4, -0.2) is 54.8 Å². The number of fused-ring (bicyclic) bond motifs is 1. The summed E-state index contributed by atoms with van der Waals surface area (Å²) in [6.45, 7) is 2.09. The summed E-state index contributed by atoms with van der Waals surface area (Å²) in [5.74, 6) is 0.963. The fraction of sp³-hybridized carbons (Fsp3) is 0.250. The summed E-state index contributed by atoms with van der Waals surface area (Å²) in [5.41, 5.74) is 2.62. The summed E-state index contributed by atoms with van der Waals surface area (Å²) < 4.78 is 51.2. The van der Waals surface area contributed by atoms with E-state index in [1.807, 2.05) is 11.0 Å². The van der Waals surface area contributed by atoms with E-state index in [4.69, 9.17) is 18.6 Å². The van der Waals surface area contributed by atoms with Crippen LogP contribution in [0.5, 0.6) is 11.5 Å². The summed E-state index contributed by atoms with van der Waals surface area (Å²) >= 11 is 0. The van der Waals surface area contributed by atoms with Crippen LogP contribution in [0.2, 0.25) is 0 Å². The highest BCUT2D eigenvalue weighted by molar-refractivity contribution is 7.92. The number of rotatable bonds is 9. The third-order valence-corrected chi connectivity index (χ3v) is 7.85. The van der Waals surface area contributed by atoms with E-state index in [1.54, 1.807) is 69.0 Å². The molecular weight excluding hydrogens is 522 g/mol. The molecule has 0 spiro atoms. The molecule has 1 aromatic heterocycles. The lowest BCUT2D eigenvalue weighted by Crippen LogP contribution is -2.37. The van der Waals surface area contributed by atoms with Crippen LogP contribution >= 0.6 is 0 Å². The summed E-state index contributed by atoms with van der Waals surface area (Å²) in [6.07, 6.45) is 1.59. The number of hydrogen-bond acceptors (Lipinski definition) is 8. The van der Waals surface area contributed by atoms with Crippen molar-refractivity contribution in [2.75, 3.05) is 55.5 Å². The molecule has 0 unspecified atom stereocenters. The molecule has 1 aliphatic rings. The lowest BCUT2D eigenvalue weighted by molar-refractivity contribution is -0.115. The normalized spacial score (nSPS) is 13.7. The van der Waals surface area contributed by atoms with Crippen LogP contribution in [0.1, 0.15) is 5.56 Å². The van der Waals surface area contributed by atoms with Gasteiger partial charge in [-0.2, -0.15) is 0 Å². The van der Waals surface area contributed by atoms with Crippen molar-refractivity contribution in [2.45, 2.75) is 11.3 Å². The van der Waals surface area contributed by atoms with Gasteiger partial charge in [-0.1, -0.05) is 0 Å². The van der Waals surface area contributed by atoms with Gasteiger partial charge in [0.15, 0.2) is 0 Å². The summed E-state index contributed by atoms with van der Waals surface area (Å²) in [6, 6.07) is 16.9. The Labute approximate surface area is 226 Å². The minimum absolute atomic E-state index is 0.0523. The van der Waals surface area contributed by atoms with E-state index in [2.05, 4.69) is 10.0 Å². The molecule has 1 amide bonds. The van der Waals surface area contributed by atoms with Crippen LogP contribution in [0.3, 0.4) is 0 Å². The first-order chi connectivity index (χ1) is 18.9. The van der Waals surface area contributed by atoms with E-state index in [-0.39, 0.29) is 17.2 Å². The molecule has 0 aliphatic carbocycles. The number of nitrogens with zero attached hydrogens (tertiary/aromatic N) is 1. The zero-order valence-electron chi connectivity index (χ0n) is 21.6. The fourth-order valence-electron chi connectivity index (χ4n) is 4.45. The van der Waals surface area contributed by atoms with Gasteiger partial charge in [-0.3, -0.25) is 9.52 Å². The van der Waals surface area contributed by atoms with Crippen molar-refractivity contribution < 1.29 is 31.8 Å². The Bertz CT molecular complexity index is 1580. The number of methoxy groups -OCH3 is 2. The van der Waals surface area contributed by atoms with Crippen LogP contribution in [0.15, 0.2) is 76.2 Å². The molecule has 0 atom stereocenters. The Kier molecular flexibility index (Phi) is 7.62. The van der Waals surface area contributed by atoms with Gasteiger partial charge in [0, 0.05) is 41.5 Å². The van der Waals surface area contributed by atoms with Gasteiger partial charge >= 0.3 is 0 Å². The molecule has 11 heteroatoms. The Morgan fingerprint density at radius 2 is 1.62 bits per heavy atom. The van der Waals surface area contributed by atoms with E-state index in [0.29, 0.717) is 66.0 Å². The second-order valence-electron chi connectivity index (χ2n) is 8.96. The molecular formula is C28H29N3O7S. The smallest absolute Gasteiger partial charge is 0.264 e. The van der Waals surface area contributed by atoms with Crippen molar-refractivity contribution in [2.24, 2.45) is 0 Å². The van der Waals surface area contributed by atoms with Gasteiger partial charge in [0.1, 0.15) is 22.0 Å². The Hall–Kier alpha value is -4.22. The van der Waals surface area contributed by atoms with E-state index < -0.39 is 10.0 Å². The topological polar surface area (TPSA) is 119 Å². The number of hydrogen-bond donors (Lipinski definition) is 2. The van der Waals surface area contributed by atoms with Crippen molar-refractivity contribution in [3.8, 4) is 11.5 Å². The molecule has 0 saturated carbocycles. The van der Waals surface area contributed by atoms with Gasteiger partial charge in [0.25, 0.3) is 10.0 Å². The summed E-state index contributed by atoms with van der Waals surface area (Å²) in [4.78, 5) is 15.0. The molecule has 0 radical (unpaired) electrons. The highest BCUT2D eigenvalue weighted by Gasteiger charge is 2.25. The summed E-state index contributed by atoms with van der Waals surface area (Å²) in [7, 11) is -0.893. The molecule has 1 fully saturated rings. The maximum Gasteiger partial charge on any atom is 0.264 e. The Morgan fingerprint density at radius 1 is 0.923 bits per heavy atom. The van der Waals surface area contributed by atoms with Crippen molar-refractivity contribution >= 4 is 44.0 Å². The molecule has 204 valence electrons. The van der Waals surface area contributed by atoms with Crippen LogP contribution in [0, 0.1) is 0 Å². The highest BCUT2D eigenvalue weighted by atomic mass is 32.2. The first kappa shape index (κ1) is 26.4. The number of amides is 1. The number of anilines is 3. The average Bonchev–Trinajstić information content (AvgIpc) is 3.35. The molecule has 2 heterocycles. The predicted octanol–water partition coefficient (Wildman–Crippen LogP) is 4.27. The maximum atomic E-state index is 13.6. The largest absolute Gasteiger partial charge is 0.497 e. The van der Waals surface area contributed by atoms with Gasteiger partial charge in [-0.05, 0) is 54.6 Å².